The predicted octanol–water partition coefficient (Wildman–Crippen LogP) is 1.97. The number of aliphatic imine (C=N–C) groups is 1. The van der Waals surface area contributed by atoms with Crippen LogP contribution in [-0.4, -0.2) is 25.0 Å². The van der Waals surface area contributed by atoms with Crippen molar-refractivity contribution >= 4 is 11.7 Å². The Bertz CT molecular complexity index is 908. The van der Waals surface area contributed by atoms with E-state index in [0.717, 1.165) is 34.1 Å². The van der Waals surface area contributed by atoms with Crippen LogP contribution in [0.1, 0.15) is 18.1 Å². The van der Waals surface area contributed by atoms with Crippen molar-refractivity contribution in [2.75, 3.05) is 13.4 Å². The highest BCUT2D eigenvalue weighted by molar-refractivity contribution is 5.88. The van der Waals surface area contributed by atoms with Crippen molar-refractivity contribution in [1.29, 1.82) is 0 Å². The van der Waals surface area contributed by atoms with Crippen LogP contribution in [0.5, 0.6) is 17.2 Å². The minimum atomic E-state index is -0.868. The van der Waals surface area contributed by atoms with E-state index < -0.39 is 5.66 Å². The molecule has 2 aromatic carbocycles. The second kappa shape index (κ2) is 6.85. The van der Waals surface area contributed by atoms with Crippen molar-refractivity contribution in [2.24, 2.45) is 16.5 Å². The summed E-state index contributed by atoms with van der Waals surface area (Å²) in [4.78, 5) is 4.40. The maximum atomic E-state index is 6.59. The molecule has 2 aliphatic rings. The van der Waals surface area contributed by atoms with E-state index in [-0.39, 0.29) is 12.8 Å². The minimum absolute atomic E-state index is 0.242. The van der Waals surface area contributed by atoms with Crippen molar-refractivity contribution in [3.8, 4) is 17.2 Å². The molecule has 7 heteroatoms. The quantitative estimate of drug-likeness (QED) is 0.747. The first-order chi connectivity index (χ1) is 13.0. The lowest BCUT2D eigenvalue weighted by atomic mass is 9.96. The first-order valence-electron chi connectivity index (χ1n) is 8.80. The predicted molar refractivity (Wildman–Crippen MR) is 104 cm³/mol. The number of benzene rings is 2. The summed E-state index contributed by atoms with van der Waals surface area (Å²) in [6.45, 7) is 2.82. The number of rotatable bonds is 5. The minimum Gasteiger partial charge on any atom is -0.494 e. The van der Waals surface area contributed by atoms with E-state index in [2.05, 4.69) is 10.3 Å². The molecule has 1 atom stereocenters. The molecule has 0 saturated heterocycles. The lowest BCUT2D eigenvalue weighted by molar-refractivity contribution is 0.174. The fraction of sp³-hybridized carbons (Fsp3) is 0.250. The van der Waals surface area contributed by atoms with Gasteiger partial charge in [0.15, 0.2) is 17.5 Å². The zero-order valence-electron chi connectivity index (χ0n) is 15.1. The van der Waals surface area contributed by atoms with Gasteiger partial charge in [0.25, 0.3) is 0 Å². The average molecular weight is 366 g/mol. The molecule has 0 bridgehead atoms. The Morgan fingerprint density at radius 1 is 1.15 bits per heavy atom. The Kier molecular flexibility index (Phi) is 4.37. The normalized spacial score (nSPS) is 20.5. The molecule has 7 nitrogen and oxygen atoms in total. The van der Waals surface area contributed by atoms with Gasteiger partial charge >= 0.3 is 0 Å². The summed E-state index contributed by atoms with van der Waals surface area (Å²) in [7, 11) is 0. The van der Waals surface area contributed by atoms with Gasteiger partial charge in [0, 0.05) is 12.0 Å². The Hall–Kier alpha value is -3.19. The molecule has 4 rings (SSSR count). The van der Waals surface area contributed by atoms with Crippen molar-refractivity contribution in [3.63, 3.8) is 0 Å². The topological polar surface area (TPSA) is 104 Å². The zero-order valence-corrected chi connectivity index (χ0v) is 15.1. The molecule has 5 N–H and O–H groups in total. The van der Waals surface area contributed by atoms with Crippen molar-refractivity contribution < 1.29 is 14.2 Å². The SMILES string of the molecule is CCOc1ccc(C2=CC(N)(Cc3ccc4c(c3)OCO4)NC(N)=N2)cc1. The lowest BCUT2D eigenvalue weighted by Crippen LogP contribution is -2.59. The maximum absolute atomic E-state index is 6.59. The fourth-order valence-corrected chi connectivity index (χ4v) is 3.23. The molecular formula is C20H22N4O3. The van der Waals surface area contributed by atoms with E-state index in [1.165, 1.54) is 0 Å². The van der Waals surface area contributed by atoms with Gasteiger partial charge in [-0.3, -0.25) is 0 Å². The number of nitrogens with zero attached hydrogens (tertiary/aromatic N) is 1. The van der Waals surface area contributed by atoms with Crippen LogP contribution in [0.25, 0.3) is 5.70 Å². The first-order valence-corrected chi connectivity index (χ1v) is 8.80. The Morgan fingerprint density at radius 2 is 1.93 bits per heavy atom. The largest absolute Gasteiger partial charge is 0.494 e. The van der Waals surface area contributed by atoms with E-state index >= 15 is 0 Å². The van der Waals surface area contributed by atoms with Gasteiger partial charge in [-0.25, -0.2) is 4.99 Å². The molecule has 0 aromatic heterocycles. The molecule has 27 heavy (non-hydrogen) atoms. The number of nitrogens with one attached hydrogen (secondary N) is 1. The average Bonchev–Trinajstić information content (AvgIpc) is 3.09. The number of fused-ring (bicyclic) bond motifs is 1. The Labute approximate surface area is 157 Å². The van der Waals surface area contributed by atoms with E-state index in [9.17, 15) is 0 Å². The third-order valence-corrected chi connectivity index (χ3v) is 4.39. The monoisotopic (exact) mass is 366 g/mol. The maximum Gasteiger partial charge on any atom is 0.231 e. The van der Waals surface area contributed by atoms with Gasteiger partial charge in [-0.1, -0.05) is 6.07 Å². The van der Waals surface area contributed by atoms with E-state index in [0.29, 0.717) is 13.0 Å². The number of ether oxygens (including phenoxy) is 3. The third-order valence-electron chi connectivity index (χ3n) is 4.39. The molecule has 140 valence electrons. The summed E-state index contributed by atoms with van der Waals surface area (Å²) in [5.74, 6) is 2.56. The second-order valence-corrected chi connectivity index (χ2v) is 6.51. The molecule has 1 unspecified atom stereocenters. The number of guanidine groups is 1. The molecule has 2 heterocycles. The molecule has 0 fully saturated rings. The van der Waals surface area contributed by atoms with Crippen LogP contribution in [0, 0.1) is 0 Å². The summed E-state index contributed by atoms with van der Waals surface area (Å²) in [6.07, 6.45) is 2.41. The summed E-state index contributed by atoms with van der Waals surface area (Å²) < 4.78 is 16.3. The Balaban J connectivity index is 1.59. The van der Waals surface area contributed by atoms with Crippen molar-refractivity contribution in [1.82, 2.24) is 5.32 Å². The van der Waals surface area contributed by atoms with E-state index in [4.69, 9.17) is 25.7 Å². The fourth-order valence-electron chi connectivity index (χ4n) is 3.23. The van der Waals surface area contributed by atoms with Crippen LogP contribution < -0.4 is 31.0 Å². The molecule has 0 aliphatic carbocycles. The van der Waals surface area contributed by atoms with Gasteiger partial charge in [-0.2, -0.15) is 0 Å². The zero-order chi connectivity index (χ0) is 18.9. The number of hydrogen-bond acceptors (Lipinski definition) is 7. The highest BCUT2D eigenvalue weighted by Gasteiger charge is 2.29. The highest BCUT2D eigenvalue weighted by Crippen LogP contribution is 2.34. The van der Waals surface area contributed by atoms with Gasteiger partial charge in [-0.15, -0.1) is 0 Å². The van der Waals surface area contributed by atoms with Crippen LogP contribution in [0.2, 0.25) is 0 Å². The molecule has 2 aromatic rings. The highest BCUT2D eigenvalue weighted by atomic mass is 16.7. The van der Waals surface area contributed by atoms with Crippen molar-refractivity contribution in [3.05, 3.63) is 59.7 Å². The molecule has 2 aliphatic heterocycles. The second-order valence-electron chi connectivity index (χ2n) is 6.51. The number of nitrogens with two attached hydrogens (primary N) is 2. The van der Waals surface area contributed by atoms with Gasteiger partial charge < -0.3 is 31.0 Å². The molecule has 0 saturated carbocycles. The Morgan fingerprint density at radius 3 is 2.70 bits per heavy atom. The van der Waals surface area contributed by atoms with Crippen LogP contribution >= 0.6 is 0 Å². The van der Waals surface area contributed by atoms with Crippen LogP contribution in [0.4, 0.5) is 0 Å². The summed E-state index contributed by atoms with van der Waals surface area (Å²) in [5.41, 5.74) is 14.4. The molecular weight excluding hydrogens is 344 g/mol. The van der Waals surface area contributed by atoms with E-state index in [1.807, 2.05) is 55.5 Å². The summed E-state index contributed by atoms with van der Waals surface area (Å²) in [6, 6.07) is 13.5. The summed E-state index contributed by atoms with van der Waals surface area (Å²) >= 11 is 0. The van der Waals surface area contributed by atoms with Crippen LogP contribution in [-0.2, 0) is 6.42 Å². The van der Waals surface area contributed by atoms with Gasteiger partial charge in [0.05, 0.1) is 12.3 Å². The smallest absolute Gasteiger partial charge is 0.231 e. The van der Waals surface area contributed by atoms with Gasteiger partial charge in [0.1, 0.15) is 11.4 Å². The lowest BCUT2D eigenvalue weighted by Gasteiger charge is -2.32. The van der Waals surface area contributed by atoms with Crippen LogP contribution in [0.3, 0.4) is 0 Å². The number of hydrogen-bond donors (Lipinski definition) is 3. The van der Waals surface area contributed by atoms with Gasteiger partial charge in [-0.05, 0) is 55.0 Å². The molecule has 0 radical (unpaired) electrons. The first kappa shape index (κ1) is 17.2. The van der Waals surface area contributed by atoms with E-state index in [1.54, 1.807) is 0 Å². The van der Waals surface area contributed by atoms with Gasteiger partial charge in [0.2, 0.25) is 6.79 Å². The summed E-state index contributed by atoms with van der Waals surface area (Å²) in [5, 5.41) is 3.07. The standard InChI is InChI=1S/C20H22N4O3/c1-2-25-15-6-4-14(5-7-15)16-11-20(22,24-19(21)23-16)10-13-3-8-17-18(9-13)27-12-26-17/h3-9,11H,2,10,12,22H2,1H3,(H3,21,23,24). The van der Waals surface area contributed by atoms with Crippen molar-refractivity contribution in [2.45, 2.75) is 19.0 Å². The third kappa shape index (κ3) is 3.68. The molecule has 0 amide bonds. The van der Waals surface area contributed by atoms with Crippen LogP contribution in [0.15, 0.2) is 53.5 Å². The molecule has 0 spiro atoms.